The van der Waals surface area contributed by atoms with Crippen molar-refractivity contribution in [3.05, 3.63) is 59.0 Å². The number of amides is 1. The second-order valence-electron chi connectivity index (χ2n) is 5.02. The van der Waals surface area contributed by atoms with Crippen molar-refractivity contribution < 1.29 is 15.0 Å². The Kier molecular flexibility index (Phi) is 3.99. The van der Waals surface area contributed by atoms with E-state index in [-0.39, 0.29) is 17.4 Å². The van der Waals surface area contributed by atoms with Crippen LogP contribution in [0.5, 0.6) is 11.5 Å². The van der Waals surface area contributed by atoms with E-state index in [1.165, 1.54) is 29.5 Å². The van der Waals surface area contributed by atoms with Gasteiger partial charge in [-0.05, 0) is 25.1 Å². The highest BCUT2D eigenvalue weighted by atomic mass is 32.1. The Morgan fingerprint density at radius 2 is 1.83 bits per heavy atom. The Morgan fingerprint density at radius 1 is 1.13 bits per heavy atom. The number of carbonyl (C=O) groups excluding carboxylic acids is 1. The molecule has 3 aromatic rings. The number of benzene rings is 2. The van der Waals surface area contributed by atoms with E-state index in [4.69, 9.17) is 0 Å². The van der Waals surface area contributed by atoms with E-state index in [1.54, 1.807) is 12.3 Å². The molecular weight excluding hydrogens is 312 g/mol. The lowest BCUT2D eigenvalue weighted by molar-refractivity contribution is 0.0957. The molecule has 1 amide bonds. The molecule has 3 rings (SSSR count). The standard InChI is InChI=1S/C17H14N2O3S/c1-10(11-6-12(20)8-13(21)7-11)18-19-17(22)15-9-23-16-5-3-2-4-14(15)16/h2-9,20-21H,1H3,(H,19,22)/b18-10+. The van der Waals surface area contributed by atoms with Gasteiger partial charge in [-0.3, -0.25) is 4.79 Å². The zero-order valence-corrected chi connectivity index (χ0v) is 13.1. The fraction of sp³-hybridized carbons (Fsp3) is 0.0588. The van der Waals surface area contributed by atoms with Gasteiger partial charge in [0, 0.05) is 27.1 Å². The summed E-state index contributed by atoms with van der Waals surface area (Å²) < 4.78 is 1.04. The number of fused-ring (bicyclic) bond motifs is 1. The maximum Gasteiger partial charge on any atom is 0.272 e. The first-order valence-corrected chi connectivity index (χ1v) is 7.77. The number of phenolic OH excluding ortho intramolecular Hbond substituents is 2. The summed E-state index contributed by atoms with van der Waals surface area (Å²) in [4.78, 5) is 12.3. The van der Waals surface area contributed by atoms with Gasteiger partial charge in [0.2, 0.25) is 0 Å². The van der Waals surface area contributed by atoms with E-state index in [0.29, 0.717) is 16.8 Å². The number of aromatic hydroxyl groups is 2. The maximum absolute atomic E-state index is 12.3. The number of rotatable bonds is 3. The molecule has 0 bridgehead atoms. The van der Waals surface area contributed by atoms with Crippen molar-refractivity contribution in [3.8, 4) is 11.5 Å². The van der Waals surface area contributed by atoms with Crippen LogP contribution in [0.15, 0.2) is 52.9 Å². The first kappa shape index (κ1) is 15.1. The molecule has 0 saturated heterocycles. The largest absolute Gasteiger partial charge is 0.508 e. The van der Waals surface area contributed by atoms with Gasteiger partial charge in [0.1, 0.15) is 11.5 Å². The van der Waals surface area contributed by atoms with Crippen molar-refractivity contribution in [3.63, 3.8) is 0 Å². The van der Waals surface area contributed by atoms with Gasteiger partial charge >= 0.3 is 0 Å². The molecule has 0 aliphatic rings. The Morgan fingerprint density at radius 3 is 2.57 bits per heavy atom. The van der Waals surface area contributed by atoms with E-state index in [1.807, 2.05) is 24.3 Å². The molecule has 0 saturated carbocycles. The fourth-order valence-corrected chi connectivity index (χ4v) is 3.16. The van der Waals surface area contributed by atoms with Crippen molar-refractivity contribution >= 4 is 33.0 Å². The summed E-state index contributed by atoms with van der Waals surface area (Å²) in [7, 11) is 0. The second-order valence-corrected chi connectivity index (χ2v) is 5.93. The van der Waals surface area contributed by atoms with Crippen molar-refractivity contribution in [1.29, 1.82) is 0 Å². The molecule has 5 nitrogen and oxygen atoms in total. The molecule has 2 aromatic carbocycles. The predicted molar refractivity (Wildman–Crippen MR) is 91.3 cm³/mol. The highest BCUT2D eigenvalue weighted by Gasteiger charge is 2.11. The van der Waals surface area contributed by atoms with Gasteiger partial charge < -0.3 is 10.2 Å². The minimum Gasteiger partial charge on any atom is -0.508 e. The summed E-state index contributed by atoms with van der Waals surface area (Å²) in [6.45, 7) is 1.68. The lowest BCUT2D eigenvalue weighted by atomic mass is 10.1. The molecular formula is C17H14N2O3S. The van der Waals surface area contributed by atoms with Crippen molar-refractivity contribution in [2.45, 2.75) is 6.92 Å². The van der Waals surface area contributed by atoms with Crippen molar-refractivity contribution in [2.75, 3.05) is 0 Å². The summed E-state index contributed by atoms with van der Waals surface area (Å²) >= 11 is 1.50. The number of hydrogen-bond acceptors (Lipinski definition) is 5. The van der Waals surface area contributed by atoms with Crippen LogP contribution in [0.1, 0.15) is 22.8 Å². The van der Waals surface area contributed by atoms with E-state index >= 15 is 0 Å². The first-order valence-electron chi connectivity index (χ1n) is 6.89. The molecule has 1 aromatic heterocycles. The molecule has 0 spiro atoms. The third kappa shape index (κ3) is 3.17. The van der Waals surface area contributed by atoms with Gasteiger partial charge in [-0.15, -0.1) is 11.3 Å². The van der Waals surface area contributed by atoms with Crippen molar-refractivity contribution in [2.24, 2.45) is 5.10 Å². The molecule has 6 heteroatoms. The molecule has 0 radical (unpaired) electrons. The Bertz CT molecular complexity index is 895. The topological polar surface area (TPSA) is 81.9 Å². The Hall–Kier alpha value is -2.86. The third-order valence-electron chi connectivity index (χ3n) is 3.37. The fourth-order valence-electron chi connectivity index (χ4n) is 2.22. The van der Waals surface area contributed by atoms with Crippen LogP contribution in [0.4, 0.5) is 0 Å². The number of nitrogens with zero attached hydrogens (tertiary/aromatic N) is 1. The van der Waals surface area contributed by atoms with E-state index in [2.05, 4.69) is 10.5 Å². The number of phenols is 2. The normalized spacial score (nSPS) is 11.6. The van der Waals surface area contributed by atoms with Crippen LogP contribution in [0.25, 0.3) is 10.1 Å². The molecule has 116 valence electrons. The zero-order valence-electron chi connectivity index (χ0n) is 12.3. The Balaban J connectivity index is 1.82. The highest BCUT2D eigenvalue weighted by Crippen LogP contribution is 2.25. The molecule has 3 N–H and O–H groups in total. The van der Waals surface area contributed by atoms with Crippen LogP contribution in [0.2, 0.25) is 0 Å². The summed E-state index contributed by atoms with van der Waals surface area (Å²) in [5, 5.41) is 25.7. The molecule has 0 fully saturated rings. The molecule has 1 heterocycles. The van der Waals surface area contributed by atoms with Crippen LogP contribution < -0.4 is 5.43 Å². The number of hydrogen-bond donors (Lipinski definition) is 3. The van der Waals surface area contributed by atoms with Gasteiger partial charge in [-0.25, -0.2) is 5.43 Å². The predicted octanol–water partition coefficient (Wildman–Crippen LogP) is 3.47. The minimum atomic E-state index is -0.300. The third-order valence-corrected chi connectivity index (χ3v) is 4.33. The van der Waals surface area contributed by atoms with Gasteiger partial charge in [0.15, 0.2) is 0 Å². The maximum atomic E-state index is 12.3. The summed E-state index contributed by atoms with van der Waals surface area (Å²) in [6, 6.07) is 11.8. The lowest BCUT2D eigenvalue weighted by Crippen LogP contribution is -2.18. The SMILES string of the molecule is C/C(=N\NC(=O)c1csc2ccccc12)c1cc(O)cc(O)c1. The minimum absolute atomic E-state index is 0.0651. The van der Waals surface area contributed by atoms with Gasteiger partial charge in [0.05, 0.1) is 11.3 Å². The molecule has 0 unspecified atom stereocenters. The average Bonchev–Trinajstić information content (AvgIpc) is 2.95. The molecule has 0 atom stereocenters. The van der Waals surface area contributed by atoms with Crippen LogP contribution >= 0.6 is 11.3 Å². The summed E-state index contributed by atoms with van der Waals surface area (Å²) in [5.74, 6) is -0.430. The summed E-state index contributed by atoms with van der Waals surface area (Å²) in [5.41, 5.74) is 4.08. The van der Waals surface area contributed by atoms with Crippen LogP contribution in [0.3, 0.4) is 0 Å². The highest BCUT2D eigenvalue weighted by molar-refractivity contribution is 7.17. The van der Waals surface area contributed by atoms with E-state index in [9.17, 15) is 15.0 Å². The average molecular weight is 326 g/mol. The van der Waals surface area contributed by atoms with Crippen LogP contribution in [0, 0.1) is 0 Å². The number of carbonyl (C=O) groups is 1. The number of hydrazone groups is 1. The smallest absolute Gasteiger partial charge is 0.272 e. The second kappa shape index (κ2) is 6.10. The quantitative estimate of drug-likeness (QED) is 0.509. The van der Waals surface area contributed by atoms with Crippen LogP contribution in [-0.2, 0) is 0 Å². The number of thiophene rings is 1. The van der Waals surface area contributed by atoms with Crippen LogP contribution in [-0.4, -0.2) is 21.8 Å². The van der Waals surface area contributed by atoms with Gasteiger partial charge in [0.25, 0.3) is 5.91 Å². The first-order chi connectivity index (χ1) is 11.0. The molecule has 23 heavy (non-hydrogen) atoms. The lowest BCUT2D eigenvalue weighted by Gasteiger charge is -2.04. The van der Waals surface area contributed by atoms with Crippen molar-refractivity contribution in [1.82, 2.24) is 5.43 Å². The zero-order chi connectivity index (χ0) is 16.4. The van der Waals surface area contributed by atoms with Gasteiger partial charge in [-0.2, -0.15) is 5.10 Å². The van der Waals surface area contributed by atoms with E-state index < -0.39 is 0 Å². The molecule has 0 aliphatic carbocycles. The van der Waals surface area contributed by atoms with Gasteiger partial charge in [-0.1, -0.05) is 18.2 Å². The van der Waals surface area contributed by atoms with E-state index in [0.717, 1.165) is 10.1 Å². The Labute approximate surface area is 136 Å². The summed E-state index contributed by atoms with van der Waals surface area (Å²) in [6.07, 6.45) is 0. The number of nitrogens with one attached hydrogen (secondary N) is 1. The monoisotopic (exact) mass is 326 g/mol. The molecule has 0 aliphatic heterocycles.